The smallest absolute Gasteiger partial charge is 0.274 e. The molecule has 0 radical (unpaired) electrons. The third-order valence-electron chi connectivity index (χ3n) is 4.90. The first-order valence-corrected chi connectivity index (χ1v) is 7.67. The summed E-state index contributed by atoms with van der Waals surface area (Å²) in [5, 5.41) is 3.62. The highest BCUT2D eigenvalue weighted by atomic mass is 16.2. The maximum atomic E-state index is 12.7. The fourth-order valence-corrected chi connectivity index (χ4v) is 3.73. The Bertz CT molecular complexity index is 635. The predicted molar refractivity (Wildman–Crippen MR) is 80.3 cm³/mol. The van der Waals surface area contributed by atoms with Crippen molar-refractivity contribution in [1.82, 2.24) is 19.6 Å². The number of aromatic nitrogens is 2. The van der Waals surface area contributed by atoms with Gasteiger partial charge in [0.25, 0.3) is 5.91 Å². The molecule has 4 rings (SSSR count). The van der Waals surface area contributed by atoms with E-state index in [1.54, 1.807) is 0 Å². The number of fused-ring (bicyclic) bond motifs is 3. The molecule has 0 spiro atoms. The van der Waals surface area contributed by atoms with Crippen molar-refractivity contribution in [3.05, 3.63) is 36.3 Å². The van der Waals surface area contributed by atoms with E-state index in [0.29, 0.717) is 23.8 Å². The van der Waals surface area contributed by atoms with Gasteiger partial charge in [-0.1, -0.05) is 6.07 Å². The first kappa shape index (κ1) is 12.8. The summed E-state index contributed by atoms with van der Waals surface area (Å²) in [6.45, 7) is 0. The van der Waals surface area contributed by atoms with Gasteiger partial charge in [-0.2, -0.15) is 0 Å². The molecule has 4 heterocycles. The maximum absolute atomic E-state index is 12.7. The lowest BCUT2D eigenvalue weighted by Crippen LogP contribution is -2.48. The van der Waals surface area contributed by atoms with Crippen molar-refractivity contribution in [2.24, 2.45) is 0 Å². The summed E-state index contributed by atoms with van der Waals surface area (Å²) in [5.74, 6) is 0.0324. The Balaban J connectivity index is 1.56. The molecule has 2 atom stereocenters. The average Bonchev–Trinajstić information content (AvgIpc) is 3.08. The van der Waals surface area contributed by atoms with Crippen LogP contribution in [-0.2, 0) is 0 Å². The van der Waals surface area contributed by atoms with Crippen LogP contribution in [0.4, 0.5) is 0 Å². The van der Waals surface area contributed by atoms with E-state index in [9.17, 15) is 4.79 Å². The van der Waals surface area contributed by atoms with Gasteiger partial charge < -0.3 is 14.6 Å². The lowest BCUT2D eigenvalue weighted by molar-refractivity contribution is 0.0676. The van der Waals surface area contributed by atoms with Crippen LogP contribution in [0, 0.1) is 0 Å². The minimum Gasteiger partial charge on any atom is -0.337 e. The van der Waals surface area contributed by atoms with Gasteiger partial charge in [-0.3, -0.25) is 4.79 Å². The van der Waals surface area contributed by atoms with Gasteiger partial charge in [0.15, 0.2) is 0 Å². The second kappa shape index (κ2) is 4.84. The molecule has 1 N–H and O–H groups in total. The number of hydrogen-bond donors (Lipinski definition) is 1. The summed E-state index contributed by atoms with van der Waals surface area (Å²) in [7, 11) is 1.92. The van der Waals surface area contributed by atoms with E-state index >= 15 is 0 Å². The molecule has 1 amide bonds. The first-order valence-electron chi connectivity index (χ1n) is 7.67. The number of nitrogens with zero attached hydrogens (tertiary/aromatic N) is 3. The first-order chi connectivity index (χ1) is 10.2. The highest BCUT2D eigenvalue weighted by molar-refractivity contribution is 5.93. The molecule has 21 heavy (non-hydrogen) atoms. The normalized spacial score (nSPS) is 28.0. The average molecular weight is 284 g/mol. The standard InChI is InChI=1S/C16H20N4O/c1-19(13-8-11-5-6-12(9-13)17-11)16(21)14-10-20-7-3-2-4-15(20)18-14/h2-4,7,10-13,17H,5-6,8-9H2,1H3. The summed E-state index contributed by atoms with van der Waals surface area (Å²) >= 11 is 0. The molecule has 5 heteroatoms. The molecule has 2 unspecified atom stereocenters. The molecule has 2 fully saturated rings. The van der Waals surface area contributed by atoms with E-state index in [1.165, 1.54) is 12.8 Å². The lowest BCUT2D eigenvalue weighted by atomic mass is 9.98. The summed E-state index contributed by atoms with van der Waals surface area (Å²) in [6.07, 6.45) is 8.36. The topological polar surface area (TPSA) is 49.6 Å². The van der Waals surface area contributed by atoms with Crippen LogP contribution in [-0.4, -0.2) is 45.4 Å². The molecule has 110 valence electrons. The molecule has 5 nitrogen and oxygen atoms in total. The van der Waals surface area contributed by atoms with E-state index < -0.39 is 0 Å². The Morgan fingerprint density at radius 1 is 1.33 bits per heavy atom. The number of piperidine rings is 1. The number of carbonyl (C=O) groups is 1. The van der Waals surface area contributed by atoms with E-state index in [-0.39, 0.29) is 5.91 Å². The predicted octanol–water partition coefficient (Wildman–Crippen LogP) is 1.69. The van der Waals surface area contributed by atoms with Crippen LogP contribution in [0.2, 0.25) is 0 Å². The van der Waals surface area contributed by atoms with Gasteiger partial charge >= 0.3 is 0 Å². The van der Waals surface area contributed by atoms with E-state index in [1.807, 2.05) is 46.9 Å². The van der Waals surface area contributed by atoms with Crippen molar-refractivity contribution in [2.75, 3.05) is 7.05 Å². The highest BCUT2D eigenvalue weighted by Gasteiger charge is 2.36. The second-order valence-corrected chi connectivity index (χ2v) is 6.27. The molecule has 2 aromatic rings. The van der Waals surface area contributed by atoms with Crippen LogP contribution in [0.25, 0.3) is 5.65 Å². The highest BCUT2D eigenvalue weighted by Crippen LogP contribution is 2.29. The molecule has 0 aromatic carbocycles. The molecule has 2 aliphatic rings. The molecule has 2 bridgehead atoms. The molecule has 0 saturated carbocycles. The molecule has 2 aromatic heterocycles. The van der Waals surface area contributed by atoms with E-state index in [0.717, 1.165) is 18.5 Å². The van der Waals surface area contributed by atoms with Crippen LogP contribution in [0.15, 0.2) is 30.6 Å². The Hall–Kier alpha value is -1.88. The monoisotopic (exact) mass is 284 g/mol. The van der Waals surface area contributed by atoms with Crippen molar-refractivity contribution >= 4 is 11.6 Å². The quantitative estimate of drug-likeness (QED) is 0.913. The number of rotatable bonds is 2. The van der Waals surface area contributed by atoms with Gasteiger partial charge in [0.05, 0.1) is 0 Å². The Morgan fingerprint density at radius 2 is 2.10 bits per heavy atom. The zero-order chi connectivity index (χ0) is 14.4. The van der Waals surface area contributed by atoms with Crippen molar-refractivity contribution in [1.29, 1.82) is 0 Å². The van der Waals surface area contributed by atoms with Gasteiger partial charge in [-0.15, -0.1) is 0 Å². The van der Waals surface area contributed by atoms with Crippen molar-refractivity contribution < 1.29 is 4.79 Å². The number of pyridine rings is 1. The van der Waals surface area contributed by atoms with Gasteiger partial charge in [-0.25, -0.2) is 4.98 Å². The van der Waals surface area contributed by atoms with Gasteiger partial charge in [0.1, 0.15) is 11.3 Å². The zero-order valence-corrected chi connectivity index (χ0v) is 12.2. The third-order valence-corrected chi connectivity index (χ3v) is 4.90. The Labute approximate surface area is 124 Å². The maximum Gasteiger partial charge on any atom is 0.274 e. The second-order valence-electron chi connectivity index (χ2n) is 6.27. The molecule has 2 saturated heterocycles. The summed E-state index contributed by atoms with van der Waals surface area (Å²) in [4.78, 5) is 19.0. The van der Waals surface area contributed by atoms with Crippen LogP contribution in [0.3, 0.4) is 0 Å². The summed E-state index contributed by atoms with van der Waals surface area (Å²) in [6, 6.07) is 7.31. The van der Waals surface area contributed by atoms with Crippen molar-refractivity contribution in [3.8, 4) is 0 Å². The number of hydrogen-bond acceptors (Lipinski definition) is 3. The number of imidazole rings is 1. The van der Waals surface area contributed by atoms with Gasteiger partial charge in [-0.05, 0) is 37.8 Å². The fourth-order valence-electron chi connectivity index (χ4n) is 3.73. The SMILES string of the molecule is CN(C(=O)c1cn2ccccc2n1)C1CC2CCC(C1)N2. The Morgan fingerprint density at radius 3 is 2.81 bits per heavy atom. The molecular weight excluding hydrogens is 264 g/mol. The zero-order valence-electron chi connectivity index (χ0n) is 12.2. The van der Waals surface area contributed by atoms with E-state index in [4.69, 9.17) is 0 Å². The van der Waals surface area contributed by atoms with Crippen LogP contribution < -0.4 is 5.32 Å². The number of nitrogens with one attached hydrogen (secondary N) is 1. The molecule has 2 aliphatic heterocycles. The largest absolute Gasteiger partial charge is 0.337 e. The number of amides is 1. The number of carbonyl (C=O) groups excluding carboxylic acids is 1. The van der Waals surface area contributed by atoms with Crippen LogP contribution in [0.1, 0.15) is 36.2 Å². The van der Waals surface area contributed by atoms with E-state index in [2.05, 4.69) is 10.3 Å². The minimum absolute atomic E-state index is 0.0324. The molecular formula is C16H20N4O. The van der Waals surface area contributed by atoms with Crippen LogP contribution in [0.5, 0.6) is 0 Å². The van der Waals surface area contributed by atoms with Crippen molar-refractivity contribution in [2.45, 2.75) is 43.8 Å². The fraction of sp³-hybridized carbons (Fsp3) is 0.500. The Kier molecular flexibility index (Phi) is 2.96. The molecule has 0 aliphatic carbocycles. The third kappa shape index (κ3) is 2.21. The van der Waals surface area contributed by atoms with Gasteiger partial charge in [0.2, 0.25) is 0 Å². The van der Waals surface area contributed by atoms with Gasteiger partial charge in [0, 0.05) is 37.6 Å². The minimum atomic E-state index is 0.0324. The van der Waals surface area contributed by atoms with Crippen LogP contribution >= 0.6 is 0 Å². The van der Waals surface area contributed by atoms with Crippen molar-refractivity contribution in [3.63, 3.8) is 0 Å². The summed E-state index contributed by atoms with van der Waals surface area (Å²) < 4.78 is 1.90. The summed E-state index contributed by atoms with van der Waals surface area (Å²) in [5.41, 5.74) is 1.36. The lowest BCUT2D eigenvalue weighted by Gasteiger charge is -2.35.